The highest BCUT2D eigenvalue weighted by Crippen LogP contribution is 2.21. The van der Waals surface area contributed by atoms with E-state index in [1.165, 1.54) is 7.11 Å². The van der Waals surface area contributed by atoms with E-state index >= 15 is 0 Å². The minimum atomic E-state index is -0.279. The lowest BCUT2D eigenvalue weighted by Gasteiger charge is -2.12. The monoisotopic (exact) mass is 358 g/mol. The molecule has 4 aromatic rings. The molecule has 0 aliphatic carbocycles. The molecule has 6 heteroatoms. The van der Waals surface area contributed by atoms with Crippen molar-refractivity contribution in [3.8, 4) is 28.5 Å². The molecule has 0 saturated heterocycles. The largest absolute Gasteiger partial charge is 0.491 e. The first-order valence-electron chi connectivity index (χ1n) is 8.52. The number of aromatic nitrogens is 4. The minimum Gasteiger partial charge on any atom is -0.491 e. The second kappa shape index (κ2) is 6.92. The van der Waals surface area contributed by atoms with Gasteiger partial charge < -0.3 is 4.74 Å². The van der Waals surface area contributed by atoms with Crippen LogP contribution in [-0.4, -0.2) is 26.7 Å². The summed E-state index contributed by atoms with van der Waals surface area (Å²) in [6.07, 6.45) is 3.25. The second-order valence-electron chi connectivity index (χ2n) is 6.12. The van der Waals surface area contributed by atoms with Crippen molar-refractivity contribution in [2.45, 2.75) is 6.92 Å². The summed E-state index contributed by atoms with van der Waals surface area (Å²) in [5.41, 5.74) is 3.40. The van der Waals surface area contributed by atoms with E-state index in [9.17, 15) is 4.79 Å². The van der Waals surface area contributed by atoms with Gasteiger partial charge in [-0.1, -0.05) is 30.3 Å². The summed E-state index contributed by atoms with van der Waals surface area (Å²) in [5, 5.41) is 8.95. The van der Waals surface area contributed by atoms with Crippen LogP contribution in [0.15, 0.2) is 77.9 Å². The van der Waals surface area contributed by atoms with Gasteiger partial charge in [0, 0.05) is 0 Å². The van der Waals surface area contributed by atoms with Crippen molar-refractivity contribution in [1.29, 1.82) is 0 Å². The maximum atomic E-state index is 12.9. The molecule has 0 unspecified atom stereocenters. The molecule has 0 atom stereocenters. The molecule has 2 heterocycles. The zero-order valence-electron chi connectivity index (χ0n) is 15.0. The molecule has 0 aliphatic rings. The van der Waals surface area contributed by atoms with E-state index in [2.05, 4.69) is 10.2 Å². The highest BCUT2D eigenvalue weighted by Gasteiger charge is 2.17. The lowest BCUT2D eigenvalue weighted by atomic mass is 10.2. The second-order valence-corrected chi connectivity index (χ2v) is 6.12. The molecule has 0 spiro atoms. The number of hydrogen-bond acceptors (Lipinski definition) is 4. The first-order chi connectivity index (χ1) is 13.2. The van der Waals surface area contributed by atoms with Gasteiger partial charge in [-0.15, -0.1) is 0 Å². The molecule has 2 aromatic heterocycles. The lowest BCUT2D eigenvalue weighted by Crippen LogP contribution is -2.17. The maximum absolute atomic E-state index is 12.9. The van der Waals surface area contributed by atoms with Crippen LogP contribution in [0.4, 0.5) is 0 Å². The Bertz CT molecular complexity index is 1150. The standard InChI is InChI=1S/C21H18N4O2/c1-15-7-6-10-17(13-15)24-14-19(27-2)21(26)20(23-24)18-11-12-22-25(18)16-8-4-3-5-9-16/h3-14H,1-2H3. The Labute approximate surface area is 156 Å². The van der Waals surface area contributed by atoms with Gasteiger partial charge in [0.25, 0.3) is 5.43 Å². The molecule has 0 N–H and O–H groups in total. The van der Waals surface area contributed by atoms with Crippen LogP contribution in [-0.2, 0) is 0 Å². The Morgan fingerprint density at radius 2 is 1.74 bits per heavy atom. The number of hydrogen-bond donors (Lipinski definition) is 0. The summed E-state index contributed by atoms with van der Waals surface area (Å²) in [4.78, 5) is 12.9. The topological polar surface area (TPSA) is 61.9 Å². The summed E-state index contributed by atoms with van der Waals surface area (Å²) >= 11 is 0. The first-order valence-corrected chi connectivity index (χ1v) is 8.52. The number of rotatable bonds is 4. The number of nitrogens with zero attached hydrogens (tertiary/aromatic N) is 4. The molecular weight excluding hydrogens is 340 g/mol. The average molecular weight is 358 g/mol. The number of methoxy groups -OCH3 is 1. The summed E-state index contributed by atoms with van der Waals surface area (Å²) in [5.74, 6) is 0.224. The van der Waals surface area contributed by atoms with E-state index in [0.717, 1.165) is 16.9 Å². The van der Waals surface area contributed by atoms with E-state index in [1.807, 2.05) is 61.5 Å². The molecule has 4 rings (SSSR count). The number of ether oxygens (including phenoxy) is 1. The normalized spacial score (nSPS) is 10.7. The van der Waals surface area contributed by atoms with Crippen LogP contribution in [0, 0.1) is 6.92 Å². The fourth-order valence-corrected chi connectivity index (χ4v) is 2.94. The molecule has 6 nitrogen and oxygen atoms in total. The number of benzene rings is 2. The van der Waals surface area contributed by atoms with Crippen molar-refractivity contribution in [3.05, 3.63) is 88.8 Å². The third-order valence-corrected chi connectivity index (χ3v) is 4.26. The van der Waals surface area contributed by atoms with E-state index in [4.69, 9.17) is 4.74 Å². The Morgan fingerprint density at radius 3 is 2.48 bits per heavy atom. The first kappa shape index (κ1) is 16.8. The summed E-state index contributed by atoms with van der Waals surface area (Å²) in [7, 11) is 1.48. The quantitative estimate of drug-likeness (QED) is 0.561. The third kappa shape index (κ3) is 3.13. The molecule has 0 bridgehead atoms. The van der Waals surface area contributed by atoms with Crippen LogP contribution in [0.3, 0.4) is 0 Å². The molecule has 2 aromatic carbocycles. The van der Waals surface area contributed by atoms with Gasteiger partial charge in [0.15, 0.2) is 11.4 Å². The van der Waals surface area contributed by atoms with Crippen molar-refractivity contribution in [1.82, 2.24) is 19.6 Å². The minimum absolute atomic E-state index is 0.224. The molecule has 0 fully saturated rings. The Balaban J connectivity index is 1.93. The van der Waals surface area contributed by atoms with Crippen LogP contribution in [0.2, 0.25) is 0 Å². The van der Waals surface area contributed by atoms with Crippen molar-refractivity contribution >= 4 is 0 Å². The van der Waals surface area contributed by atoms with Gasteiger partial charge in [-0.2, -0.15) is 10.2 Å². The lowest BCUT2D eigenvalue weighted by molar-refractivity contribution is 0.405. The van der Waals surface area contributed by atoms with Crippen molar-refractivity contribution in [2.75, 3.05) is 7.11 Å². The van der Waals surface area contributed by atoms with Gasteiger partial charge in [0.05, 0.1) is 36.6 Å². The molecule has 0 aliphatic heterocycles. The molecule has 0 amide bonds. The van der Waals surface area contributed by atoms with E-state index in [-0.39, 0.29) is 16.9 Å². The van der Waals surface area contributed by atoms with Gasteiger partial charge in [-0.3, -0.25) is 4.79 Å². The molecule has 134 valence electrons. The fraction of sp³-hybridized carbons (Fsp3) is 0.0952. The zero-order chi connectivity index (χ0) is 18.8. The average Bonchev–Trinajstić information content (AvgIpc) is 3.18. The Hall–Kier alpha value is -3.67. The smallest absolute Gasteiger partial charge is 0.251 e. The van der Waals surface area contributed by atoms with Gasteiger partial charge in [-0.05, 0) is 42.8 Å². The van der Waals surface area contributed by atoms with Crippen LogP contribution >= 0.6 is 0 Å². The SMILES string of the molecule is COc1cn(-c2cccc(C)c2)nc(-c2ccnn2-c2ccccc2)c1=O. The summed E-state index contributed by atoms with van der Waals surface area (Å²) < 4.78 is 8.67. The molecule has 0 saturated carbocycles. The van der Waals surface area contributed by atoms with E-state index in [0.29, 0.717) is 5.69 Å². The molecular formula is C21H18N4O2. The van der Waals surface area contributed by atoms with Gasteiger partial charge in [-0.25, -0.2) is 9.36 Å². The summed E-state index contributed by atoms with van der Waals surface area (Å²) in [6.45, 7) is 2.01. The third-order valence-electron chi connectivity index (χ3n) is 4.26. The van der Waals surface area contributed by atoms with Crippen LogP contribution < -0.4 is 10.2 Å². The maximum Gasteiger partial charge on any atom is 0.251 e. The molecule has 27 heavy (non-hydrogen) atoms. The molecule has 0 radical (unpaired) electrons. The van der Waals surface area contributed by atoms with E-state index in [1.54, 1.807) is 27.8 Å². The number of aryl methyl sites for hydroxylation is 1. The zero-order valence-corrected chi connectivity index (χ0v) is 15.0. The van der Waals surface area contributed by atoms with Crippen molar-refractivity contribution < 1.29 is 4.74 Å². The highest BCUT2D eigenvalue weighted by atomic mass is 16.5. The Kier molecular flexibility index (Phi) is 4.30. The van der Waals surface area contributed by atoms with Crippen LogP contribution in [0.1, 0.15) is 5.56 Å². The van der Waals surface area contributed by atoms with Crippen molar-refractivity contribution in [3.63, 3.8) is 0 Å². The van der Waals surface area contributed by atoms with E-state index < -0.39 is 0 Å². The fourth-order valence-electron chi connectivity index (χ4n) is 2.94. The van der Waals surface area contributed by atoms with Gasteiger partial charge in [0.1, 0.15) is 0 Å². The van der Waals surface area contributed by atoms with Crippen molar-refractivity contribution in [2.24, 2.45) is 0 Å². The Morgan fingerprint density at radius 1 is 0.963 bits per heavy atom. The van der Waals surface area contributed by atoms with Gasteiger partial charge in [0.2, 0.25) is 0 Å². The number of para-hydroxylation sites is 1. The highest BCUT2D eigenvalue weighted by molar-refractivity contribution is 5.59. The predicted octanol–water partition coefficient (Wildman–Crippen LogP) is 3.40. The summed E-state index contributed by atoms with van der Waals surface area (Å²) in [6, 6.07) is 19.3. The van der Waals surface area contributed by atoms with Crippen LogP contribution in [0.25, 0.3) is 22.8 Å². The predicted molar refractivity (Wildman–Crippen MR) is 104 cm³/mol. The van der Waals surface area contributed by atoms with Gasteiger partial charge >= 0.3 is 0 Å². The van der Waals surface area contributed by atoms with Crippen LogP contribution in [0.5, 0.6) is 5.75 Å².